The van der Waals surface area contributed by atoms with Crippen LogP contribution < -0.4 is 0 Å². The second-order valence-electron chi connectivity index (χ2n) is 19.9. The van der Waals surface area contributed by atoms with E-state index in [1.807, 2.05) is 0 Å². The lowest BCUT2D eigenvalue weighted by Gasteiger charge is -2.18. The van der Waals surface area contributed by atoms with Crippen LogP contribution >= 0.6 is 0 Å². The number of carbonyl (C=O) groups is 3. The third-order valence-corrected chi connectivity index (χ3v) is 12.6. The molecule has 0 N–H and O–H groups in total. The SMILES string of the molecule is CC/C=C\C/C=C\C/C=C\C/C=C\C/C=C\C/C=C\C/C=C\C/C=C\CCCCC(=O)OCC(COC(=O)CCCCCCC/C=C\C/C=C\CCC)OC(=O)CCCCCCCCC/C=C\CCCCCCCC. The minimum atomic E-state index is -0.809. The summed E-state index contributed by atoms with van der Waals surface area (Å²) in [5.41, 5.74) is 0. The van der Waals surface area contributed by atoms with Crippen molar-refractivity contribution in [3.05, 3.63) is 134 Å². The maximum atomic E-state index is 12.9. The Balaban J connectivity index is 4.45. The maximum absolute atomic E-state index is 12.9. The number of carbonyl (C=O) groups excluding carboxylic acids is 3. The molecule has 0 aromatic heterocycles. The van der Waals surface area contributed by atoms with E-state index >= 15 is 0 Å². The summed E-state index contributed by atoms with van der Waals surface area (Å²) in [7, 11) is 0. The van der Waals surface area contributed by atoms with E-state index in [-0.39, 0.29) is 31.1 Å². The van der Waals surface area contributed by atoms with Gasteiger partial charge in [0.05, 0.1) is 0 Å². The van der Waals surface area contributed by atoms with Crippen molar-refractivity contribution in [1.29, 1.82) is 0 Å². The molecule has 0 radical (unpaired) electrons. The van der Waals surface area contributed by atoms with Gasteiger partial charge >= 0.3 is 17.9 Å². The van der Waals surface area contributed by atoms with Crippen molar-refractivity contribution in [3.63, 3.8) is 0 Å². The van der Waals surface area contributed by atoms with Gasteiger partial charge in [0.1, 0.15) is 13.2 Å². The van der Waals surface area contributed by atoms with E-state index in [2.05, 4.69) is 154 Å². The first-order valence-corrected chi connectivity index (χ1v) is 30.7. The van der Waals surface area contributed by atoms with E-state index in [4.69, 9.17) is 14.2 Å². The second-order valence-corrected chi connectivity index (χ2v) is 19.9. The zero-order valence-electron chi connectivity index (χ0n) is 48.5. The standard InChI is InChI=1S/C69H112O6/c1-4-7-10-13-16-19-22-25-27-29-30-31-32-33-34-35-36-37-38-40-41-44-47-50-53-56-59-62-68(71)74-65-66(64-73-67(70)61-58-55-52-49-46-43-24-21-18-15-12-9-6-3)75-69(72)63-60-57-54-51-48-45-42-39-28-26-23-20-17-14-11-8-5-2/h7,10,12,15-16,19,21,24-28,30-31,33-34,36-37,40-41,47,50,66H,4-6,8-9,11,13-14,17-18,20,22-23,29,32,35,38-39,42-46,48-49,51-65H2,1-3H3/b10-7-,15-12-,19-16-,24-21-,27-25-,28-26-,31-30-,34-33-,37-36-,41-40-,50-47-. The van der Waals surface area contributed by atoms with Crippen LogP contribution in [0.2, 0.25) is 0 Å². The highest BCUT2D eigenvalue weighted by Crippen LogP contribution is 2.14. The third-order valence-electron chi connectivity index (χ3n) is 12.6. The van der Waals surface area contributed by atoms with Gasteiger partial charge in [-0.15, -0.1) is 0 Å². The molecule has 424 valence electrons. The van der Waals surface area contributed by atoms with E-state index < -0.39 is 6.10 Å². The highest BCUT2D eigenvalue weighted by molar-refractivity contribution is 5.71. The summed E-state index contributed by atoms with van der Waals surface area (Å²) in [4.78, 5) is 38.2. The Morgan fingerprint density at radius 3 is 0.907 bits per heavy atom. The molecule has 6 nitrogen and oxygen atoms in total. The highest BCUT2D eigenvalue weighted by Gasteiger charge is 2.19. The zero-order chi connectivity index (χ0) is 54.3. The van der Waals surface area contributed by atoms with Crippen molar-refractivity contribution >= 4 is 17.9 Å². The van der Waals surface area contributed by atoms with Crippen molar-refractivity contribution in [1.82, 2.24) is 0 Å². The van der Waals surface area contributed by atoms with Crippen LogP contribution in [0, 0.1) is 0 Å². The fourth-order valence-electron chi connectivity index (χ4n) is 8.02. The van der Waals surface area contributed by atoms with Crippen LogP contribution in [0.4, 0.5) is 0 Å². The third kappa shape index (κ3) is 60.3. The molecule has 0 aliphatic rings. The second kappa shape index (κ2) is 62.1. The summed E-state index contributed by atoms with van der Waals surface area (Å²) >= 11 is 0. The molecule has 0 spiro atoms. The van der Waals surface area contributed by atoms with Gasteiger partial charge in [-0.05, 0) is 135 Å². The summed E-state index contributed by atoms with van der Waals surface area (Å²) in [5.74, 6) is -0.968. The predicted octanol–water partition coefficient (Wildman–Crippen LogP) is 21.0. The smallest absolute Gasteiger partial charge is 0.306 e. The molecule has 0 fully saturated rings. The van der Waals surface area contributed by atoms with E-state index in [1.54, 1.807) is 0 Å². The van der Waals surface area contributed by atoms with Crippen molar-refractivity contribution in [2.45, 2.75) is 271 Å². The Bertz CT molecular complexity index is 1620. The van der Waals surface area contributed by atoms with Gasteiger partial charge in [-0.1, -0.05) is 244 Å². The molecule has 0 aliphatic carbocycles. The van der Waals surface area contributed by atoms with Gasteiger partial charge in [0, 0.05) is 19.3 Å². The van der Waals surface area contributed by atoms with Gasteiger partial charge in [0.15, 0.2) is 6.10 Å². The molecule has 0 amide bonds. The van der Waals surface area contributed by atoms with Crippen molar-refractivity contribution in [3.8, 4) is 0 Å². The molecule has 1 atom stereocenters. The molecule has 0 rings (SSSR count). The van der Waals surface area contributed by atoms with E-state index in [9.17, 15) is 14.4 Å². The lowest BCUT2D eigenvalue weighted by molar-refractivity contribution is -0.167. The van der Waals surface area contributed by atoms with Crippen LogP contribution in [0.15, 0.2) is 134 Å². The largest absolute Gasteiger partial charge is 0.462 e. The van der Waals surface area contributed by atoms with Crippen LogP contribution in [0.1, 0.15) is 265 Å². The Morgan fingerprint density at radius 1 is 0.280 bits per heavy atom. The molecule has 0 aromatic carbocycles. The molecule has 6 heteroatoms. The summed E-state index contributed by atoms with van der Waals surface area (Å²) < 4.78 is 16.8. The van der Waals surface area contributed by atoms with Crippen molar-refractivity contribution < 1.29 is 28.6 Å². The average Bonchev–Trinajstić information content (AvgIpc) is 3.41. The normalized spacial score (nSPS) is 13.1. The Hall–Kier alpha value is -4.45. The summed E-state index contributed by atoms with van der Waals surface area (Å²) in [6, 6.07) is 0. The first kappa shape index (κ1) is 70.5. The number of hydrogen-bond acceptors (Lipinski definition) is 6. The van der Waals surface area contributed by atoms with Crippen LogP contribution in [-0.2, 0) is 28.6 Å². The monoisotopic (exact) mass is 1040 g/mol. The molecule has 75 heavy (non-hydrogen) atoms. The van der Waals surface area contributed by atoms with Gasteiger partial charge in [0.25, 0.3) is 0 Å². The molecule has 0 heterocycles. The first-order valence-electron chi connectivity index (χ1n) is 30.7. The lowest BCUT2D eigenvalue weighted by atomic mass is 10.1. The topological polar surface area (TPSA) is 78.9 Å². The van der Waals surface area contributed by atoms with Crippen molar-refractivity contribution in [2.24, 2.45) is 0 Å². The number of ether oxygens (including phenoxy) is 3. The number of hydrogen-bond donors (Lipinski definition) is 0. The molecule has 0 aromatic rings. The molecule has 0 bridgehead atoms. The highest BCUT2D eigenvalue weighted by atomic mass is 16.6. The van der Waals surface area contributed by atoms with Crippen molar-refractivity contribution in [2.75, 3.05) is 13.2 Å². The van der Waals surface area contributed by atoms with Gasteiger partial charge in [0.2, 0.25) is 0 Å². The van der Waals surface area contributed by atoms with Crippen LogP contribution in [-0.4, -0.2) is 37.2 Å². The van der Waals surface area contributed by atoms with Gasteiger partial charge in [-0.2, -0.15) is 0 Å². The molecule has 0 aliphatic heterocycles. The number of allylic oxidation sites excluding steroid dienone is 22. The van der Waals surface area contributed by atoms with E-state index in [1.165, 1.54) is 83.5 Å². The van der Waals surface area contributed by atoms with Crippen LogP contribution in [0.5, 0.6) is 0 Å². The van der Waals surface area contributed by atoms with E-state index in [0.29, 0.717) is 25.7 Å². The van der Waals surface area contributed by atoms with Crippen LogP contribution in [0.25, 0.3) is 0 Å². The quantitative estimate of drug-likeness (QED) is 0.0261. The Morgan fingerprint density at radius 2 is 0.547 bits per heavy atom. The van der Waals surface area contributed by atoms with Crippen LogP contribution in [0.3, 0.4) is 0 Å². The van der Waals surface area contributed by atoms with E-state index in [0.717, 1.165) is 135 Å². The van der Waals surface area contributed by atoms with Gasteiger partial charge in [-0.3, -0.25) is 14.4 Å². The maximum Gasteiger partial charge on any atom is 0.306 e. The fourth-order valence-corrected chi connectivity index (χ4v) is 8.02. The number of rotatable bonds is 54. The number of esters is 3. The predicted molar refractivity (Wildman–Crippen MR) is 325 cm³/mol. The molecule has 0 saturated carbocycles. The molecular weight excluding hydrogens is 925 g/mol. The molecular formula is C69H112O6. The summed E-state index contributed by atoms with van der Waals surface area (Å²) in [5, 5.41) is 0. The Kier molecular flexibility index (Phi) is 58.4. The zero-order valence-corrected chi connectivity index (χ0v) is 48.5. The molecule has 1 unspecified atom stereocenters. The lowest BCUT2D eigenvalue weighted by Crippen LogP contribution is -2.30. The summed E-state index contributed by atoms with van der Waals surface area (Å²) in [6.45, 7) is 6.40. The fraction of sp³-hybridized carbons (Fsp3) is 0.638. The minimum Gasteiger partial charge on any atom is -0.462 e. The molecule has 0 saturated heterocycles. The first-order chi connectivity index (χ1) is 37.0. The minimum absolute atomic E-state index is 0.104. The van der Waals surface area contributed by atoms with Gasteiger partial charge in [-0.25, -0.2) is 0 Å². The number of unbranched alkanes of at least 4 members (excludes halogenated alkanes) is 21. The van der Waals surface area contributed by atoms with Gasteiger partial charge < -0.3 is 14.2 Å². The summed E-state index contributed by atoms with van der Waals surface area (Å²) in [6.07, 6.45) is 87.3. The Labute approximate surface area is 462 Å². The average molecular weight is 1040 g/mol.